The van der Waals surface area contributed by atoms with Gasteiger partial charge in [0.2, 0.25) is 0 Å². The summed E-state index contributed by atoms with van der Waals surface area (Å²) in [7, 11) is 0. The molecule has 148 valence electrons. The van der Waals surface area contributed by atoms with Gasteiger partial charge >= 0.3 is 0 Å². The van der Waals surface area contributed by atoms with Crippen LogP contribution in [0.1, 0.15) is 48.0 Å². The topological polar surface area (TPSA) is 58.6 Å². The third-order valence-electron chi connectivity index (χ3n) is 4.99. The van der Waals surface area contributed by atoms with Gasteiger partial charge in [-0.2, -0.15) is 0 Å². The molecule has 5 nitrogen and oxygen atoms in total. The highest BCUT2D eigenvalue weighted by Crippen LogP contribution is 2.18. The molecule has 1 fully saturated rings. The second-order valence-electron chi connectivity index (χ2n) is 7.10. The predicted molar refractivity (Wildman–Crippen MR) is 109 cm³/mol. The molecule has 28 heavy (non-hydrogen) atoms. The summed E-state index contributed by atoms with van der Waals surface area (Å²) in [6.45, 7) is 1.99. The van der Waals surface area contributed by atoms with Gasteiger partial charge in [0.05, 0.1) is 5.56 Å². The summed E-state index contributed by atoms with van der Waals surface area (Å²) in [4.78, 5) is 27.0. The van der Waals surface area contributed by atoms with E-state index in [0.29, 0.717) is 17.9 Å². The minimum Gasteiger partial charge on any atom is -0.483 e. The van der Waals surface area contributed by atoms with Gasteiger partial charge in [-0.25, -0.2) is 0 Å². The molecule has 2 amide bonds. The average Bonchev–Trinajstić information content (AvgIpc) is 2.71. The monoisotopic (exact) mass is 380 g/mol. The second kappa shape index (κ2) is 10.5. The molecule has 1 aliphatic heterocycles. The van der Waals surface area contributed by atoms with Gasteiger partial charge in [-0.15, -0.1) is 0 Å². The van der Waals surface area contributed by atoms with Crippen LogP contribution < -0.4 is 10.1 Å². The van der Waals surface area contributed by atoms with E-state index in [1.165, 1.54) is 19.3 Å². The third-order valence-corrected chi connectivity index (χ3v) is 4.99. The highest BCUT2D eigenvalue weighted by molar-refractivity contribution is 5.97. The maximum absolute atomic E-state index is 12.6. The van der Waals surface area contributed by atoms with Gasteiger partial charge in [-0.3, -0.25) is 9.59 Å². The van der Waals surface area contributed by atoms with E-state index in [0.717, 1.165) is 31.5 Å². The number of amides is 2. The molecule has 2 aromatic carbocycles. The number of hydrogen-bond acceptors (Lipinski definition) is 3. The SMILES string of the molecule is O=C(NCc1ccccc1)c1ccccc1OCC(=O)N1CCCCCCC1. The molecule has 0 unspecified atom stereocenters. The third kappa shape index (κ3) is 5.84. The van der Waals surface area contributed by atoms with E-state index in [4.69, 9.17) is 4.74 Å². The van der Waals surface area contributed by atoms with E-state index in [1.54, 1.807) is 18.2 Å². The number of carbonyl (C=O) groups is 2. The van der Waals surface area contributed by atoms with Crippen molar-refractivity contribution in [2.75, 3.05) is 19.7 Å². The van der Waals surface area contributed by atoms with Gasteiger partial charge in [-0.05, 0) is 30.5 Å². The Morgan fingerprint density at radius 3 is 2.25 bits per heavy atom. The number of para-hydroxylation sites is 1. The molecule has 1 N–H and O–H groups in total. The maximum Gasteiger partial charge on any atom is 0.260 e. The molecular weight excluding hydrogens is 352 g/mol. The molecule has 1 saturated heterocycles. The number of ether oxygens (including phenoxy) is 1. The van der Waals surface area contributed by atoms with E-state index in [-0.39, 0.29) is 18.4 Å². The standard InChI is InChI=1S/C23H28N2O3/c26-22(25-15-9-2-1-3-10-16-25)18-28-21-14-8-7-13-20(21)23(27)24-17-19-11-5-4-6-12-19/h4-8,11-14H,1-3,9-10,15-18H2,(H,24,27). The van der Waals surface area contributed by atoms with Crippen molar-refractivity contribution in [2.45, 2.75) is 38.6 Å². The Kier molecular flexibility index (Phi) is 7.47. The summed E-state index contributed by atoms with van der Waals surface area (Å²) in [5.41, 5.74) is 1.47. The van der Waals surface area contributed by atoms with Crippen LogP contribution in [0.5, 0.6) is 5.75 Å². The largest absolute Gasteiger partial charge is 0.483 e. The molecule has 3 rings (SSSR count). The van der Waals surface area contributed by atoms with Crippen LogP contribution in [0.15, 0.2) is 54.6 Å². The number of rotatable bonds is 6. The average molecular weight is 380 g/mol. The number of benzene rings is 2. The van der Waals surface area contributed by atoms with E-state index >= 15 is 0 Å². The second-order valence-corrected chi connectivity index (χ2v) is 7.10. The molecule has 0 radical (unpaired) electrons. The quantitative estimate of drug-likeness (QED) is 0.829. The van der Waals surface area contributed by atoms with Crippen molar-refractivity contribution in [1.82, 2.24) is 10.2 Å². The fourth-order valence-corrected chi connectivity index (χ4v) is 3.38. The van der Waals surface area contributed by atoms with Crippen molar-refractivity contribution >= 4 is 11.8 Å². The fourth-order valence-electron chi connectivity index (χ4n) is 3.38. The van der Waals surface area contributed by atoms with Gasteiger partial charge in [0.15, 0.2) is 6.61 Å². The van der Waals surface area contributed by atoms with Gasteiger partial charge < -0.3 is 15.0 Å². The first kappa shape index (κ1) is 19.9. The summed E-state index contributed by atoms with van der Waals surface area (Å²) in [5.74, 6) is 0.216. The van der Waals surface area contributed by atoms with E-state index < -0.39 is 0 Å². The molecule has 0 atom stereocenters. The Morgan fingerprint density at radius 1 is 0.857 bits per heavy atom. The normalized spacial score (nSPS) is 14.6. The van der Waals surface area contributed by atoms with Crippen molar-refractivity contribution in [1.29, 1.82) is 0 Å². The highest BCUT2D eigenvalue weighted by Gasteiger charge is 2.17. The van der Waals surface area contributed by atoms with E-state index in [9.17, 15) is 9.59 Å². The van der Waals surface area contributed by atoms with Crippen LogP contribution in [0.4, 0.5) is 0 Å². The zero-order valence-corrected chi connectivity index (χ0v) is 16.2. The van der Waals surface area contributed by atoms with E-state index in [2.05, 4.69) is 5.32 Å². The first-order chi connectivity index (χ1) is 13.7. The molecule has 0 aromatic heterocycles. The lowest BCUT2D eigenvalue weighted by atomic mass is 10.1. The van der Waals surface area contributed by atoms with Crippen molar-refractivity contribution in [2.24, 2.45) is 0 Å². The van der Waals surface area contributed by atoms with Crippen LogP contribution in [0, 0.1) is 0 Å². The number of nitrogens with one attached hydrogen (secondary N) is 1. The number of hydrogen-bond donors (Lipinski definition) is 1. The van der Waals surface area contributed by atoms with Crippen molar-refractivity contribution < 1.29 is 14.3 Å². The summed E-state index contributed by atoms with van der Waals surface area (Å²) in [5, 5.41) is 2.91. The Bertz CT molecular complexity index is 768. The minimum absolute atomic E-state index is 0.0126. The Labute approximate surface area is 166 Å². The highest BCUT2D eigenvalue weighted by atomic mass is 16.5. The van der Waals surface area contributed by atoms with E-state index in [1.807, 2.05) is 41.3 Å². The molecule has 5 heteroatoms. The van der Waals surface area contributed by atoms with Crippen LogP contribution in [-0.2, 0) is 11.3 Å². The Hall–Kier alpha value is -2.82. The van der Waals surface area contributed by atoms with Gasteiger partial charge in [0, 0.05) is 19.6 Å². The van der Waals surface area contributed by atoms with Crippen LogP contribution in [0.3, 0.4) is 0 Å². The first-order valence-corrected chi connectivity index (χ1v) is 10.1. The number of nitrogens with zero attached hydrogens (tertiary/aromatic N) is 1. The van der Waals surface area contributed by atoms with Gasteiger partial charge in [-0.1, -0.05) is 61.7 Å². The molecule has 0 saturated carbocycles. The minimum atomic E-state index is -0.210. The zero-order valence-electron chi connectivity index (χ0n) is 16.2. The molecule has 2 aromatic rings. The van der Waals surface area contributed by atoms with Crippen molar-refractivity contribution in [3.8, 4) is 5.75 Å². The van der Waals surface area contributed by atoms with Gasteiger partial charge in [0.25, 0.3) is 11.8 Å². The van der Waals surface area contributed by atoms with Crippen molar-refractivity contribution in [3.63, 3.8) is 0 Å². The molecule has 0 spiro atoms. The van der Waals surface area contributed by atoms with Gasteiger partial charge in [0.1, 0.15) is 5.75 Å². The Morgan fingerprint density at radius 2 is 1.50 bits per heavy atom. The Balaban J connectivity index is 1.57. The smallest absolute Gasteiger partial charge is 0.260 e. The summed E-state index contributed by atoms with van der Waals surface area (Å²) in [6, 6.07) is 16.8. The summed E-state index contributed by atoms with van der Waals surface area (Å²) >= 11 is 0. The number of carbonyl (C=O) groups excluding carboxylic acids is 2. The van der Waals surface area contributed by atoms with Crippen molar-refractivity contribution in [3.05, 3.63) is 65.7 Å². The molecule has 1 heterocycles. The molecule has 0 bridgehead atoms. The molecular formula is C23H28N2O3. The first-order valence-electron chi connectivity index (χ1n) is 10.1. The zero-order chi connectivity index (χ0) is 19.6. The van der Waals surface area contributed by atoms with Crippen LogP contribution >= 0.6 is 0 Å². The van der Waals surface area contributed by atoms with Crippen LogP contribution in [0.25, 0.3) is 0 Å². The lowest BCUT2D eigenvalue weighted by molar-refractivity contribution is -0.133. The maximum atomic E-state index is 12.6. The predicted octanol–water partition coefficient (Wildman–Crippen LogP) is 3.79. The number of likely N-dealkylation sites (tertiary alicyclic amines) is 1. The lowest BCUT2D eigenvalue weighted by Gasteiger charge is -2.25. The summed E-state index contributed by atoms with van der Waals surface area (Å²) in [6.07, 6.45) is 5.70. The molecule has 0 aliphatic carbocycles. The fraction of sp³-hybridized carbons (Fsp3) is 0.391. The summed E-state index contributed by atoms with van der Waals surface area (Å²) < 4.78 is 5.75. The van der Waals surface area contributed by atoms with Crippen LogP contribution in [0.2, 0.25) is 0 Å². The molecule has 1 aliphatic rings. The van der Waals surface area contributed by atoms with Crippen LogP contribution in [-0.4, -0.2) is 36.4 Å². The lowest BCUT2D eigenvalue weighted by Crippen LogP contribution is -2.37.